The van der Waals surface area contributed by atoms with Crippen molar-refractivity contribution < 1.29 is 48.7 Å². The van der Waals surface area contributed by atoms with Crippen molar-refractivity contribution in [2.24, 2.45) is 0 Å². The van der Waals surface area contributed by atoms with Gasteiger partial charge in [0.2, 0.25) is 0 Å². The molecule has 0 bridgehead atoms. The molecule has 0 atom stereocenters. The minimum atomic E-state index is -5.36. The molecule has 0 aliphatic carbocycles. The Balaban J connectivity index is -0.0000000546. The van der Waals surface area contributed by atoms with Crippen molar-refractivity contribution in [3.63, 3.8) is 0 Å². The van der Waals surface area contributed by atoms with E-state index in [1.807, 2.05) is 19.1 Å². The van der Waals surface area contributed by atoms with E-state index in [9.17, 15) is 0 Å². The van der Waals surface area contributed by atoms with E-state index < -0.39 is 9.05 Å². The number of rotatable bonds is 1. The molecule has 13 heavy (non-hydrogen) atoms. The normalized spacial score (nSPS) is 8.62. The summed E-state index contributed by atoms with van der Waals surface area (Å²) in [6, 6.07) is 1.89. The Kier molecular flexibility index (Phi) is 29.5. The van der Waals surface area contributed by atoms with E-state index in [1.165, 1.54) is 6.08 Å². The van der Waals surface area contributed by atoms with Crippen molar-refractivity contribution in [1.29, 1.82) is 5.26 Å². The Morgan fingerprint density at radius 3 is 1.85 bits per heavy atom. The van der Waals surface area contributed by atoms with E-state index in [0.717, 1.165) is 6.42 Å². The molecule has 0 spiro atoms. The number of allylic oxidation sites excluding steroid dienone is 2. The van der Waals surface area contributed by atoms with E-state index >= 15 is 0 Å². The van der Waals surface area contributed by atoms with Crippen LogP contribution in [-0.4, -0.2) is 51.6 Å². The third-order valence-corrected chi connectivity index (χ3v) is 0.428. The molecule has 0 aromatic carbocycles. The van der Waals surface area contributed by atoms with Crippen LogP contribution in [0.25, 0.3) is 0 Å². The predicted molar refractivity (Wildman–Crippen MR) is 38.8 cm³/mol. The number of nitrogens with zero attached hydrogens (tertiary/aromatic N) is 1. The van der Waals surface area contributed by atoms with Gasteiger partial charge in [0.05, 0.1) is 6.07 Å². The van der Waals surface area contributed by atoms with E-state index in [-0.39, 0.29) is 67.3 Å². The smallest absolute Gasteiger partial charge is 0.861 e. The average Bonchev–Trinajstić information content (AvgIpc) is 1.79. The molecule has 8 heteroatoms. The van der Waals surface area contributed by atoms with Gasteiger partial charge in [-0.1, -0.05) is 13.0 Å². The molecule has 0 aromatic rings. The second kappa shape index (κ2) is 16.0. The van der Waals surface area contributed by atoms with Gasteiger partial charge in [0.15, 0.2) is 0 Å². The van der Waals surface area contributed by atoms with Crippen LogP contribution in [0.3, 0.4) is 0 Å². The zero-order valence-electron chi connectivity index (χ0n) is 7.69. The fourth-order valence-corrected chi connectivity index (χ4v) is 0.171. The summed E-state index contributed by atoms with van der Waals surface area (Å²) in [4.78, 5) is 33.1. The van der Waals surface area contributed by atoms with Gasteiger partial charge in [-0.2, -0.15) is 5.26 Å². The van der Waals surface area contributed by atoms with Crippen molar-refractivity contribution in [2.75, 3.05) is 0 Å². The van der Waals surface area contributed by atoms with Gasteiger partial charge in [0.1, 0.15) is 0 Å². The second-order valence-corrected chi connectivity index (χ2v) is 2.51. The Morgan fingerprint density at radius 1 is 1.46 bits per heavy atom. The maximum Gasteiger partial charge on any atom is 2.00 e. The standard InChI is InChI=1S/C5H7N.Ca.Na.HO4Si/c1-2-3-4-5-6;;;1-5(2,3)4/h3-4H,2H2,1H3;;;1H/q;+2;+1;-3/b4-3-;;;. The molecule has 0 aliphatic heterocycles. The van der Waals surface area contributed by atoms with Crippen molar-refractivity contribution >= 4 is 46.8 Å². The van der Waals surface area contributed by atoms with Crippen LogP contribution in [-0.2, 0) is 0 Å². The zero-order chi connectivity index (χ0) is 9.33. The molecule has 1 N–H and O–H groups in total. The van der Waals surface area contributed by atoms with Crippen LogP contribution >= 0.6 is 0 Å². The maximum atomic E-state index is 8.69. The summed E-state index contributed by atoms with van der Waals surface area (Å²) in [5.41, 5.74) is 0. The van der Waals surface area contributed by atoms with Gasteiger partial charge in [0, 0.05) is 6.08 Å². The van der Waals surface area contributed by atoms with Crippen LogP contribution in [0.2, 0.25) is 0 Å². The van der Waals surface area contributed by atoms with Crippen LogP contribution in [0.5, 0.6) is 0 Å². The molecular formula is C5H8CaNNaO4Si. The fraction of sp³-hybridized carbons (Fsp3) is 0.400. The molecule has 0 radical (unpaired) electrons. The van der Waals surface area contributed by atoms with Crippen LogP contribution in [0.15, 0.2) is 12.2 Å². The molecule has 0 saturated carbocycles. The van der Waals surface area contributed by atoms with Crippen molar-refractivity contribution in [3.05, 3.63) is 12.2 Å². The Hall–Kier alpha value is 1.55. The maximum absolute atomic E-state index is 8.69. The monoisotopic (exact) mass is 237 g/mol. The van der Waals surface area contributed by atoms with Gasteiger partial charge in [-0.05, 0) is 6.42 Å². The molecule has 0 unspecified atom stereocenters. The first kappa shape index (κ1) is 24.0. The van der Waals surface area contributed by atoms with Crippen molar-refractivity contribution in [3.8, 4) is 6.07 Å². The summed E-state index contributed by atoms with van der Waals surface area (Å²) in [6.45, 7) is 1.99. The van der Waals surface area contributed by atoms with Crippen LogP contribution < -0.4 is 43.9 Å². The molecule has 0 fully saturated rings. The van der Waals surface area contributed by atoms with E-state index in [2.05, 4.69) is 0 Å². The van der Waals surface area contributed by atoms with Crippen LogP contribution in [0.4, 0.5) is 0 Å². The SMILES string of the molecule is CC/C=C\C#N.[Ca+2].[Na+].[O-][Si]([O-])([O-])O. The molecule has 0 aliphatic rings. The first-order valence-electron chi connectivity index (χ1n) is 2.80. The van der Waals surface area contributed by atoms with E-state index in [1.54, 1.807) is 0 Å². The van der Waals surface area contributed by atoms with Gasteiger partial charge in [-0.25, -0.2) is 0 Å². The Bertz CT molecular complexity index is 150. The van der Waals surface area contributed by atoms with Gasteiger partial charge in [-0.3, -0.25) is 0 Å². The van der Waals surface area contributed by atoms with Crippen LogP contribution in [0.1, 0.15) is 13.3 Å². The van der Waals surface area contributed by atoms with Crippen LogP contribution in [0, 0.1) is 11.3 Å². The first-order valence-corrected chi connectivity index (χ1v) is 4.47. The summed E-state index contributed by atoms with van der Waals surface area (Å²) < 4.78 is 0. The molecule has 0 saturated heterocycles. The van der Waals surface area contributed by atoms with Gasteiger partial charge in [-0.15, -0.1) is 9.05 Å². The quantitative estimate of drug-likeness (QED) is 0.360. The van der Waals surface area contributed by atoms with Crippen molar-refractivity contribution in [2.45, 2.75) is 13.3 Å². The molecule has 0 heterocycles. The first-order chi connectivity index (χ1) is 4.91. The Labute approximate surface area is 130 Å². The third kappa shape index (κ3) is 87.4. The summed E-state index contributed by atoms with van der Waals surface area (Å²) >= 11 is 0. The molecule has 5 nitrogen and oxygen atoms in total. The topological polar surface area (TPSA) is 113 Å². The number of nitriles is 1. The molecule has 0 aromatic heterocycles. The second-order valence-electron chi connectivity index (χ2n) is 1.46. The number of hydrogen-bond donors (Lipinski definition) is 1. The third-order valence-electron chi connectivity index (χ3n) is 0.428. The van der Waals surface area contributed by atoms with Gasteiger partial charge >= 0.3 is 67.3 Å². The molecular weight excluding hydrogens is 229 g/mol. The van der Waals surface area contributed by atoms with E-state index in [4.69, 9.17) is 24.4 Å². The fourth-order valence-electron chi connectivity index (χ4n) is 0.171. The number of hydrogen-bond acceptors (Lipinski definition) is 5. The van der Waals surface area contributed by atoms with Gasteiger partial charge in [0.25, 0.3) is 0 Å². The summed E-state index contributed by atoms with van der Waals surface area (Å²) in [7, 11) is -5.36. The Morgan fingerprint density at radius 2 is 1.77 bits per heavy atom. The van der Waals surface area contributed by atoms with Crippen molar-refractivity contribution in [1.82, 2.24) is 0 Å². The zero-order valence-corrected chi connectivity index (χ0v) is 12.9. The molecule has 64 valence electrons. The minimum Gasteiger partial charge on any atom is -0.861 e. The largest absolute Gasteiger partial charge is 2.00 e. The molecule has 0 amide bonds. The summed E-state index contributed by atoms with van der Waals surface area (Å²) in [6.07, 6.45) is 4.26. The van der Waals surface area contributed by atoms with E-state index in [0.29, 0.717) is 0 Å². The summed E-state index contributed by atoms with van der Waals surface area (Å²) in [5, 5.41) is 7.86. The average molecular weight is 237 g/mol. The predicted octanol–water partition coefficient (Wildman–Crippen LogP) is -6.41. The summed E-state index contributed by atoms with van der Waals surface area (Å²) in [5.74, 6) is 0. The minimum absolute atomic E-state index is 0. The molecule has 0 rings (SSSR count). The van der Waals surface area contributed by atoms with Gasteiger partial charge < -0.3 is 19.2 Å².